The van der Waals surface area contributed by atoms with Crippen LogP contribution in [0.4, 0.5) is 11.4 Å². The summed E-state index contributed by atoms with van der Waals surface area (Å²) in [6, 6.07) is 20.6. The summed E-state index contributed by atoms with van der Waals surface area (Å²) in [6.07, 6.45) is 0. The maximum atomic E-state index is 11.5. The SMILES string of the molecule is O=S(=O)(O)c1cccc2c(O)c(/N=N/c3cccc4ccccc34)ccc12. The molecule has 27 heavy (non-hydrogen) atoms. The number of phenols is 1. The van der Waals surface area contributed by atoms with Crippen molar-refractivity contribution in [3.8, 4) is 5.75 Å². The van der Waals surface area contributed by atoms with Crippen LogP contribution >= 0.6 is 0 Å². The van der Waals surface area contributed by atoms with Gasteiger partial charge in [-0.1, -0.05) is 54.6 Å². The maximum Gasteiger partial charge on any atom is 0.295 e. The third-order valence-corrected chi connectivity index (χ3v) is 5.19. The van der Waals surface area contributed by atoms with Crippen molar-refractivity contribution in [3.63, 3.8) is 0 Å². The Labute approximate surface area is 155 Å². The Hall–Kier alpha value is -3.29. The summed E-state index contributed by atoms with van der Waals surface area (Å²) in [4.78, 5) is -0.271. The van der Waals surface area contributed by atoms with Crippen molar-refractivity contribution in [2.24, 2.45) is 10.2 Å². The summed E-state index contributed by atoms with van der Waals surface area (Å²) in [5, 5.41) is 21.3. The summed E-state index contributed by atoms with van der Waals surface area (Å²) in [6.45, 7) is 0. The Bertz CT molecular complexity index is 1310. The predicted octanol–water partition coefficient (Wildman–Crippen LogP) is 5.36. The van der Waals surface area contributed by atoms with Gasteiger partial charge in [0.05, 0.1) is 5.69 Å². The van der Waals surface area contributed by atoms with Gasteiger partial charge in [0, 0.05) is 16.2 Å². The van der Waals surface area contributed by atoms with Crippen molar-refractivity contribution >= 4 is 43.0 Å². The van der Waals surface area contributed by atoms with Crippen LogP contribution < -0.4 is 0 Å². The third kappa shape index (κ3) is 3.14. The van der Waals surface area contributed by atoms with Crippen molar-refractivity contribution in [1.29, 1.82) is 0 Å². The van der Waals surface area contributed by atoms with Gasteiger partial charge in [-0.05, 0) is 23.6 Å². The molecule has 4 rings (SSSR count). The number of nitrogens with zero attached hydrogens (tertiary/aromatic N) is 2. The second-order valence-electron chi connectivity index (χ2n) is 5.96. The smallest absolute Gasteiger partial charge is 0.295 e. The largest absolute Gasteiger partial charge is 0.505 e. The van der Waals surface area contributed by atoms with Crippen LogP contribution in [0.2, 0.25) is 0 Å². The van der Waals surface area contributed by atoms with Crippen molar-refractivity contribution in [1.82, 2.24) is 0 Å². The zero-order valence-electron chi connectivity index (χ0n) is 13.9. The van der Waals surface area contributed by atoms with Gasteiger partial charge in [0.1, 0.15) is 10.6 Å². The standard InChI is InChI=1S/C20H14N2O4S/c23-20-16-8-4-10-19(27(24,25)26)15(16)11-12-18(20)22-21-17-9-3-6-13-5-1-2-7-14(13)17/h1-12,23H,(H,24,25,26)/b22-21+. The molecule has 0 heterocycles. The van der Waals surface area contributed by atoms with Crippen LogP contribution in [0, 0.1) is 0 Å². The molecule has 0 saturated heterocycles. The van der Waals surface area contributed by atoms with Crippen LogP contribution in [0.15, 0.2) is 87.9 Å². The quantitative estimate of drug-likeness (QED) is 0.370. The molecule has 0 aliphatic carbocycles. The first kappa shape index (κ1) is 17.1. The van der Waals surface area contributed by atoms with E-state index in [1.54, 1.807) is 6.07 Å². The highest BCUT2D eigenvalue weighted by Crippen LogP contribution is 2.38. The van der Waals surface area contributed by atoms with Gasteiger partial charge in [-0.15, -0.1) is 10.2 Å². The van der Waals surface area contributed by atoms with E-state index in [1.165, 1.54) is 24.3 Å². The summed E-state index contributed by atoms with van der Waals surface area (Å²) in [7, 11) is -4.40. The maximum absolute atomic E-state index is 11.5. The number of azo groups is 1. The predicted molar refractivity (Wildman–Crippen MR) is 104 cm³/mol. The number of hydrogen-bond acceptors (Lipinski definition) is 5. The lowest BCUT2D eigenvalue weighted by atomic mass is 10.1. The Morgan fingerprint density at radius 2 is 1.33 bits per heavy atom. The van der Waals surface area contributed by atoms with Gasteiger partial charge >= 0.3 is 0 Å². The minimum atomic E-state index is -4.40. The van der Waals surface area contributed by atoms with Crippen LogP contribution in [0.3, 0.4) is 0 Å². The van der Waals surface area contributed by atoms with Crippen molar-refractivity contribution in [2.75, 3.05) is 0 Å². The molecule has 134 valence electrons. The highest BCUT2D eigenvalue weighted by atomic mass is 32.2. The van der Waals surface area contributed by atoms with Crippen molar-refractivity contribution in [2.45, 2.75) is 4.90 Å². The lowest BCUT2D eigenvalue weighted by Gasteiger charge is -2.07. The van der Waals surface area contributed by atoms with Crippen molar-refractivity contribution < 1.29 is 18.1 Å². The molecule has 0 bridgehead atoms. The first-order valence-corrected chi connectivity index (χ1v) is 9.51. The van der Waals surface area contributed by atoms with Gasteiger partial charge in [0.2, 0.25) is 0 Å². The van der Waals surface area contributed by atoms with E-state index in [1.807, 2.05) is 42.5 Å². The van der Waals surface area contributed by atoms with Crippen LogP contribution in [0.25, 0.3) is 21.5 Å². The molecule has 0 amide bonds. The first-order valence-electron chi connectivity index (χ1n) is 8.07. The molecule has 0 atom stereocenters. The van der Waals surface area contributed by atoms with Gasteiger partial charge in [-0.3, -0.25) is 4.55 Å². The zero-order chi connectivity index (χ0) is 19.0. The van der Waals surface area contributed by atoms with E-state index in [9.17, 15) is 18.1 Å². The number of fused-ring (bicyclic) bond motifs is 2. The topological polar surface area (TPSA) is 99.3 Å². The molecule has 0 saturated carbocycles. The summed E-state index contributed by atoms with van der Waals surface area (Å²) < 4.78 is 32.4. The first-order chi connectivity index (χ1) is 12.9. The molecule has 4 aromatic rings. The lowest BCUT2D eigenvalue weighted by molar-refractivity contribution is 0.482. The molecule has 7 heteroatoms. The van der Waals surface area contributed by atoms with E-state index in [-0.39, 0.29) is 27.1 Å². The molecule has 2 N–H and O–H groups in total. The van der Waals surface area contributed by atoms with E-state index in [0.717, 1.165) is 10.8 Å². The molecule has 0 spiro atoms. The number of hydrogen-bond donors (Lipinski definition) is 2. The second kappa shape index (κ2) is 6.46. The number of phenolic OH excluding ortho intramolecular Hbond substituents is 1. The fourth-order valence-corrected chi connectivity index (χ4v) is 3.72. The Kier molecular flexibility index (Phi) is 4.10. The Morgan fingerprint density at radius 3 is 2.15 bits per heavy atom. The van der Waals surface area contributed by atoms with Crippen molar-refractivity contribution in [3.05, 3.63) is 72.8 Å². The highest BCUT2D eigenvalue weighted by Gasteiger charge is 2.16. The third-order valence-electron chi connectivity index (χ3n) is 4.28. The van der Waals surface area contributed by atoms with E-state index in [4.69, 9.17) is 0 Å². The Morgan fingerprint density at radius 1 is 0.667 bits per heavy atom. The van der Waals surface area contributed by atoms with Gasteiger partial charge in [-0.2, -0.15) is 8.42 Å². The van der Waals surface area contributed by atoms with Crippen LogP contribution in [-0.2, 0) is 10.1 Å². The van der Waals surface area contributed by atoms with Crippen LogP contribution in [-0.4, -0.2) is 18.1 Å². The second-order valence-corrected chi connectivity index (χ2v) is 7.35. The van der Waals surface area contributed by atoms with Gasteiger partial charge < -0.3 is 5.11 Å². The molecule has 0 aliphatic heterocycles. The fourth-order valence-electron chi connectivity index (χ4n) is 3.01. The number of benzene rings is 4. The minimum absolute atomic E-state index is 0.197. The molecule has 0 aliphatic rings. The molecule has 4 aromatic carbocycles. The summed E-state index contributed by atoms with van der Waals surface area (Å²) in [5.74, 6) is -0.206. The van der Waals surface area contributed by atoms with Gasteiger partial charge in [0.15, 0.2) is 5.75 Å². The molecular weight excluding hydrogens is 364 g/mol. The zero-order valence-corrected chi connectivity index (χ0v) is 14.8. The van der Waals surface area contributed by atoms with E-state index in [2.05, 4.69) is 10.2 Å². The average Bonchev–Trinajstić information content (AvgIpc) is 2.66. The summed E-state index contributed by atoms with van der Waals surface area (Å²) >= 11 is 0. The van der Waals surface area contributed by atoms with E-state index < -0.39 is 10.1 Å². The van der Waals surface area contributed by atoms with E-state index >= 15 is 0 Å². The number of aromatic hydroxyl groups is 1. The molecular formula is C20H14N2O4S. The molecule has 0 aromatic heterocycles. The van der Waals surface area contributed by atoms with Gasteiger partial charge in [0.25, 0.3) is 10.1 Å². The van der Waals surface area contributed by atoms with E-state index in [0.29, 0.717) is 5.69 Å². The fraction of sp³-hybridized carbons (Fsp3) is 0. The number of rotatable bonds is 3. The molecule has 0 unspecified atom stereocenters. The molecule has 6 nitrogen and oxygen atoms in total. The summed E-state index contributed by atoms with van der Waals surface area (Å²) in [5.41, 5.74) is 0.849. The molecule has 0 radical (unpaired) electrons. The normalized spacial score (nSPS) is 12.2. The average molecular weight is 378 g/mol. The lowest BCUT2D eigenvalue weighted by Crippen LogP contribution is -1.98. The minimum Gasteiger partial charge on any atom is -0.505 e. The van der Waals surface area contributed by atoms with Crippen LogP contribution in [0.1, 0.15) is 0 Å². The van der Waals surface area contributed by atoms with Gasteiger partial charge in [-0.25, -0.2) is 0 Å². The molecule has 0 fully saturated rings. The van der Waals surface area contributed by atoms with Crippen LogP contribution in [0.5, 0.6) is 5.75 Å². The monoisotopic (exact) mass is 378 g/mol. The highest BCUT2D eigenvalue weighted by molar-refractivity contribution is 7.86. The Balaban J connectivity index is 1.83.